The van der Waals surface area contributed by atoms with Crippen LogP contribution in [-0.2, 0) is 4.79 Å². The molecule has 0 saturated heterocycles. The van der Waals surface area contributed by atoms with Crippen LogP contribution in [0.4, 0.5) is 0 Å². The first-order valence-electron chi connectivity index (χ1n) is 4.51. The van der Waals surface area contributed by atoms with Crippen molar-refractivity contribution in [3.05, 3.63) is 39.8 Å². The molecule has 5 heteroatoms. The number of nitrogens with zero attached hydrogens (tertiary/aromatic N) is 1. The molecule has 16 heavy (non-hydrogen) atoms. The fourth-order valence-corrected chi connectivity index (χ4v) is 2.73. The summed E-state index contributed by atoms with van der Waals surface area (Å²) in [7, 11) is 0. The zero-order valence-corrected chi connectivity index (χ0v) is 10.8. The Morgan fingerprint density at radius 2 is 2.06 bits per heavy atom. The second-order valence-electron chi connectivity index (χ2n) is 3.05. The van der Waals surface area contributed by atoms with Gasteiger partial charge in [-0.25, -0.2) is 0 Å². The summed E-state index contributed by atoms with van der Waals surface area (Å²) in [4.78, 5) is 16.1. The molecule has 0 atom stereocenters. The lowest BCUT2D eigenvalue weighted by Gasteiger charge is -1.96. The van der Waals surface area contributed by atoms with E-state index in [1.165, 1.54) is 23.5 Å². The van der Waals surface area contributed by atoms with E-state index < -0.39 is 0 Å². The van der Waals surface area contributed by atoms with Crippen molar-refractivity contribution in [3.63, 3.8) is 0 Å². The SMILES string of the molecule is CSC1=NC(=O)/C(=C\c2ccc(Cl)cc2)S1. The third-order valence-corrected chi connectivity index (χ3v) is 4.16. The van der Waals surface area contributed by atoms with Crippen molar-refractivity contribution in [2.75, 3.05) is 6.26 Å². The predicted molar refractivity (Wildman–Crippen MR) is 73.0 cm³/mol. The average molecular weight is 270 g/mol. The zero-order valence-electron chi connectivity index (χ0n) is 8.44. The number of amides is 1. The lowest BCUT2D eigenvalue weighted by atomic mass is 10.2. The van der Waals surface area contributed by atoms with Gasteiger partial charge >= 0.3 is 0 Å². The summed E-state index contributed by atoms with van der Waals surface area (Å²) in [5.41, 5.74) is 0.956. The summed E-state index contributed by atoms with van der Waals surface area (Å²) in [5, 5.41) is 0.689. The van der Waals surface area contributed by atoms with Gasteiger partial charge in [-0.05, 0) is 30.0 Å². The largest absolute Gasteiger partial charge is 0.285 e. The Morgan fingerprint density at radius 3 is 2.62 bits per heavy atom. The third-order valence-electron chi connectivity index (χ3n) is 1.94. The number of rotatable bonds is 1. The lowest BCUT2D eigenvalue weighted by molar-refractivity contribution is -0.113. The van der Waals surface area contributed by atoms with Crippen molar-refractivity contribution in [1.82, 2.24) is 0 Å². The van der Waals surface area contributed by atoms with Crippen molar-refractivity contribution in [3.8, 4) is 0 Å². The monoisotopic (exact) mass is 269 g/mol. The van der Waals surface area contributed by atoms with Gasteiger partial charge in [0.05, 0.1) is 4.91 Å². The van der Waals surface area contributed by atoms with E-state index in [-0.39, 0.29) is 5.91 Å². The van der Waals surface area contributed by atoms with Gasteiger partial charge in [-0.15, -0.1) is 11.8 Å². The van der Waals surface area contributed by atoms with E-state index in [9.17, 15) is 4.79 Å². The molecule has 0 radical (unpaired) electrons. The Balaban J connectivity index is 2.21. The normalized spacial score (nSPS) is 18.0. The maximum absolute atomic E-state index is 11.5. The molecule has 0 aliphatic carbocycles. The standard InChI is InChI=1S/C11H8ClNOS2/c1-15-11-13-10(14)9(16-11)6-7-2-4-8(12)5-3-7/h2-6H,1H3/b9-6+. The Labute approximate surface area is 107 Å². The lowest BCUT2D eigenvalue weighted by Crippen LogP contribution is -1.87. The second-order valence-corrected chi connectivity index (χ2v) is 5.57. The number of hydrogen-bond acceptors (Lipinski definition) is 3. The molecule has 0 fully saturated rings. The molecule has 1 aromatic rings. The van der Waals surface area contributed by atoms with Gasteiger partial charge in [0.25, 0.3) is 5.91 Å². The molecule has 0 unspecified atom stereocenters. The van der Waals surface area contributed by atoms with Crippen molar-refractivity contribution in [1.29, 1.82) is 0 Å². The molecule has 1 aliphatic heterocycles. The summed E-state index contributed by atoms with van der Waals surface area (Å²) in [6.07, 6.45) is 3.74. The molecule has 1 amide bonds. The highest BCUT2D eigenvalue weighted by atomic mass is 35.5. The van der Waals surface area contributed by atoms with Crippen molar-refractivity contribution in [2.24, 2.45) is 4.99 Å². The summed E-state index contributed by atoms with van der Waals surface area (Å²) >= 11 is 8.68. The van der Waals surface area contributed by atoms with Crippen LogP contribution in [0.15, 0.2) is 34.2 Å². The van der Waals surface area contributed by atoms with Crippen molar-refractivity contribution >= 4 is 51.5 Å². The summed E-state index contributed by atoms with van der Waals surface area (Å²) in [5.74, 6) is -0.163. The Bertz CT molecular complexity index is 479. The maximum Gasteiger partial charge on any atom is 0.285 e. The molecule has 2 nitrogen and oxygen atoms in total. The van der Waals surface area contributed by atoms with Crippen LogP contribution in [0.1, 0.15) is 5.56 Å². The Morgan fingerprint density at radius 1 is 1.38 bits per heavy atom. The topological polar surface area (TPSA) is 29.4 Å². The first-order chi connectivity index (χ1) is 7.69. The van der Waals surface area contributed by atoms with Gasteiger partial charge in [-0.2, -0.15) is 4.99 Å². The Hall–Kier alpha value is -0.710. The molecule has 2 rings (SSSR count). The minimum Gasteiger partial charge on any atom is -0.266 e. The predicted octanol–water partition coefficient (Wildman–Crippen LogP) is 3.67. The molecule has 0 spiro atoms. The highest BCUT2D eigenvalue weighted by Gasteiger charge is 2.20. The van der Waals surface area contributed by atoms with Crippen LogP contribution in [0.3, 0.4) is 0 Å². The molecular formula is C11H8ClNOS2. The first kappa shape index (κ1) is 11.8. The van der Waals surface area contributed by atoms with Crippen LogP contribution in [0.25, 0.3) is 6.08 Å². The van der Waals surface area contributed by atoms with E-state index in [0.29, 0.717) is 9.93 Å². The molecule has 1 aromatic carbocycles. The van der Waals surface area contributed by atoms with Gasteiger partial charge in [0.1, 0.15) is 4.38 Å². The third kappa shape index (κ3) is 2.70. The smallest absolute Gasteiger partial charge is 0.266 e. The summed E-state index contributed by atoms with van der Waals surface area (Å²) in [6, 6.07) is 7.35. The van der Waals surface area contributed by atoms with Gasteiger partial charge < -0.3 is 0 Å². The van der Waals surface area contributed by atoms with Crippen LogP contribution in [0.2, 0.25) is 5.02 Å². The number of aliphatic imine (C=N–C) groups is 1. The van der Waals surface area contributed by atoms with E-state index in [1.807, 2.05) is 24.5 Å². The molecule has 0 saturated carbocycles. The number of carbonyl (C=O) groups is 1. The number of halogens is 1. The molecule has 1 heterocycles. The quantitative estimate of drug-likeness (QED) is 0.729. The molecular weight excluding hydrogens is 262 g/mol. The van der Waals surface area contributed by atoms with Crippen LogP contribution >= 0.6 is 35.1 Å². The zero-order chi connectivity index (χ0) is 11.5. The van der Waals surface area contributed by atoms with Gasteiger partial charge in [-0.1, -0.05) is 35.5 Å². The van der Waals surface area contributed by atoms with E-state index in [0.717, 1.165) is 9.94 Å². The van der Waals surface area contributed by atoms with Crippen LogP contribution < -0.4 is 0 Å². The van der Waals surface area contributed by atoms with Crippen molar-refractivity contribution < 1.29 is 4.79 Å². The minimum absolute atomic E-state index is 0.163. The van der Waals surface area contributed by atoms with Gasteiger partial charge in [0.15, 0.2) is 0 Å². The number of hydrogen-bond donors (Lipinski definition) is 0. The highest BCUT2D eigenvalue weighted by Crippen LogP contribution is 2.32. The van der Waals surface area contributed by atoms with Gasteiger partial charge in [-0.3, -0.25) is 4.79 Å². The van der Waals surface area contributed by atoms with Gasteiger partial charge in [0.2, 0.25) is 0 Å². The van der Waals surface area contributed by atoms with Crippen LogP contribution in [-0.4, -0.2) is 16.5 Å². The number of thioether (sulfide) groups is 2. The summed E-state index contributed by atoms with van der Waals surface area (Å²) < 4.78 is 0.796. The van der Waals surface area contributed by atoms with E-state index in [1.54, 1.807) is 12.1 Å². The molecule has 0 aromatic heterocycles. The van der Waals surface area contributed by atoms with Crippen LogP contribution in [0.5, 0.6) is 0 Å². The fourth-order valence-electron chi connectivity index (χ4n) is 1.19. The maximum atomic E-state index is 11.5. The Kier molecular flexibility index (Phi) is 3.74. The first-order valence-corrected chi connectivity index (χ1v) is 6.93. The van der Waals surface area contributed by atoms with E-state index in [4.69, 9.17) is 11.6 Å². The number of carbonyl (C=O) groups excluding carboxylic acids is 1. The summed E-state index contributed by atoms with van der Waals surface area (Å²) in [6.45, 7) is 0. The molecule has 1 aliphatic rings. The van der Waals surface area contributed by atoms with E-state index >= 15 is 0 Å². The average Bonchev–Trinajstić information content (AvgIpc) is 2.63. The number of benzene rings is 1. The molecule has 0 bridgehead atoms. The van der Waals surface area contributed by atoms with E-state index in [2.05, 4.69) is 4.99 Å². The fraction of sp³-hybridized carbons (Fsp3) is 0.0909. The molecule has 82 valence electrons. The highest BCUT2D eigenvalue weighted by molar-refractivity contribution is 8.40. The van der Waals surface area contributed by atoms with Crippen molar-refractivity contribution in [2.45, 2.75) is 0 Å². The second kappa shape index (κ2) is 5.08. The van der Waals surface area contributed by atoms with Crippen LogP contribution in [0, 0.1) is 0 Å². The van der Waals surface area contributed by atoms with Gasteiger partial charge in [0, 0.05) is 5.02 Å². The minimum atomic E-state index is -0.163. The molecule has 0 N–H and O–H groups in total.